The lowest BCUT2D eigenvalue weighted by atomic mass is 10.1. The molecule has 3 nitrogen and oxygen atoms in total. The first-order valence-electron chi connectivity index (χ1n) is 9.86. The van der Waals surface area contributed by atoms with Gasteiger partial charge in [-0.05, 0) is 25.0 Å². The van der Waals surface area contributed by atoms with Crippen molar-refractivity contribution in [2.24, 2.45) is 0 Å². The van der Waals surface area contributed by atoms with Crippen LogP contribution in [0.15, 0.2) is 18.2 Å². The molecule has 0 saturated heterocycles. The lowest BCUT2D eigenvalue weighted by Gasteiger charge is -2.07. The molecule has 0 atom stereocenters. The summed E-state index contributed by atoms with van der Waals surface area (Å²) in [5, 5.41) is 9.91. The summed E-state index contributed by atoms with van der Waals surface area (Å²) in [5.74, 6) is -1.62. The Morgan fingerprint density at radius 3 is 1.85 bits per heavy atom. The van der Waals surface area contributed by atoms with E-state index in [1.165, 1.54) is 76.3 Å². The van der Waals surface area contributed by atoms with Crippen LogP contribution in [0.5, 0.6) is 5.75 Å². The maximum Gasteiger partial charge on any atom is 0.338 e. The number of alkyl halides is 1. The Morgan fingerprint density at radius 1 is 0.885 bits per heavy atom. The van der Waals surface area contributed by atoms with E-state index in [0.717, 1.165) is 24.2 Å². The van der Waals surface area contributed by atoms with Gasteiger partial charge in [0.1, 0.15) is 11.6 Å². The third-order valence-electron chi connectivity index (χ3n) is 4.47. The zero-order chi connectivity index (χ0) is 19.0. The molecule has 0 radical (unpaired) electrons. The molecule has 5 heteroatoms. The van der Waals surface area contributed by atoms with Gasteiger partial charge in [-0.25, -0.2) is 9.18 Å². The molecule has 0 saturated carbocycles. The van der Waals surface area contributed by atoms with Crippen LogP contribution in [0.1, 0.15) is 87.4 Å². The first kappa shape index (κ1) is 22.9. The van der Waals surface area contributed by atoms with Crippen LogP contribution in [0.3, 0.4) is 0 Å². The molecule has 0 spiro atoms. The summed E-state index contributed by atoms with van der Waals surface area (Å²) in [6.07, 6.45) is 15.3. The summed E-state index contributed by atoms with van der Waals surface area (Å²) in [7, 11) is 0. The number of hydrogen-bond donors (Lipinski definition) is 1. The highest BCUT2D eigenvalue weighted by Crippen LogP contribution is 2.17. The van der Waals surface area contributed by atoms with Gasteiger partial charge in [-0.15, -0.1) is 0 Å². The molecular weight excluding hydrogens is 399 g/mol. The van der Waals surface area contributed by atoms with Gasteiger partial charge in [0.05, 0.1) is 12.2 Å². The number of rotatable bonds is 16. The van der Waals surface area contributed by atoms with Crippen LogP contribution in [0, 0.1) is 5.82 Å². The minimum Gasteiger partial charge on any atom is -0.493 e. The third-order valence-corrected chi connectivity index (χ3v) is 5.03. The van der Waals surface area contributed by atoms with E-state index in [2.05, 4.69) is 15.9 Å². The van der Waals surface area contributed by atoms with Gasteiger partial charge in [0.15, 0.2) is 0 Å². The molecule has 0 unspecified atom stereocenters. The van der Waals surface area contributed by atoms with E-state index >= 15 is 0 Å². The molecule has 0 amide bonds. The molecule has 148 valence electrons. The number of carboxylic acid groups (broad SMARTS) is 1. The predicted molar refractivity (Wildman–Crippen MR) is 108 cm³/mol. The van der Waals surface area contributed by atoms with Gasteiger partial charge in [0.25, 0.3) is 0 Å². The smallest absolute Gasteiger partial charge is 0.338 e. The molecule has 0 aliphatic carbocycles. The van der Waals surface area contributed by atoms with E-state index in [9.17, 15) is 9.18 Å². The molecule has 0 aliphatic rings. The van der Waals surface area contributed by atoms with Crippen LogP contribution >= 0.6 is 15.9 Å². The molecule has 1 N–H and O–H groups in total. The topological polar surface area (TPSA) is 46.5 Å². The zero-order valence-electron chi connectivity index (χ0n) is 15.7. The molecule has 1 rings (SSSR count). The number of carbonyl (C=O) groups is 1. The Bertz CT molecular complexity index is 508. The molecular formula is C21H32BrFO3. The zero-order valence-corrected chi connectivity index (χ0v) is 17.2. The monoisotopic (exact) mass is 430 g/mol. The van der Waals surface area contributed by atoms with Crippen LogP contribution in [-0.4, -0.2) is 23.0 Å². The SMILES string of the molecule is O=C(O)c1ccc(OCCCCCCCCCCCCCCBr)cc1F. The second kappa shape index (κ2) is 15.0. The van der Waals surface area contributed by atoms with Crippen molar-refractivity contribution >= 4 is 21.9 Å². The van der Waals surface area contributed by atoms with E-state index in [0.29, 0.717) is 12.4 Å². The summed E-state index contributed by atoms with van der Waals surface area (Å²) < 4.78 is 19.0. The largest absolute Gasteiger partial charge is 0.493 e. The standard InChI is InChI=1S/C21H32BrFO3/c22-15-11-9-7-5-3-1-2-4-6-8-10-12-16-26-18-13-14-19(21(24)25)20(23)17-18/h13-14,17H,1-12,15-16H2,(H,24,25). The normalized spacial score (nSPS) is 10.8. The molecule has 0 aromatic heterocycles. The quantitative estimate of drug-likeness (QED) is 0.227. The van der Waals surface area contributed by atoms with Crippen molar-refractivity contribution in [3.8, 4) is 5.75 Å². The van der Waals surface area contributed by atoms with Gasteiger partial charge < -0.3 is 9.84 Å². The lowest BCUT2D eigenvalue weighted by molar-refractivity contribution is 0.0692. The fraction of sp³-hybridized carbons (Fsp3) is 0.667. The Hall–Kier alpha value is -1.10. The van der Waals surface area contributed by atoms with Crippen molar-refractivity contribution in [1.29, 1.82) is 0 Å². The fourth-order valence-corrected chi connectivity index (χ4v) is 3.31. The highest BCUT2D eigenvalue weighted by Gasteiger charge is 2.10. The molecule has 0 bridgehead atoms. The first-order chi connectivity index (χ1) is 12.6. The number of benzene rings is 1. The minimum atomic E-state index is -1.26. The van der Waals surface area contributed by atoms with Crippen LogP contribution < -0.4 is 4.74 Å². The highest BCUT2D eigenvalue weighted by atomic mass is 79.9. The fourth-order valence-electron chi connectivity index (χ4n) is 2.91. The number of hydrogen-bond acceptors (Lipinski definition) is 2. The maximum atomic E-state index is 13.5. The van der Waals surface area contributed by atoms with Gasteiger partial charge in [-0.1, -0.05) is 80.1 Å². The molecule has 1 aromatic rings. The molecule has 1 aromatic carbocycles. The van der Waals surface area contributed by atoms with Gasteiger partial charge in [-0.2, -0.15) is 0 Å². The van der Waals surface area contributed by atoms with E-state index < -0.39 is 11.8 Å². The average molecular weight is 431 g/mol. The Labute approximate surface area is 165 Å². The third kappa shape index (κ3) is 10.8. The Morgan fingerprint density at radius 2 is 1.38 bits per heavy atom. The second-order valence-corrected chi connectivity index (χ2v) is 7.52. The number of halogens is 2. The van der Waals surface area contributed by atoms with Crippen molar-refractivity contribution in [3.63, 3.8) is 0 Å². The number of aromatic carboxylic acids is 1. The highest BCUT2D eigenvalue weighted by molar-refractivity contribution is 9.09. The van der Waals surface area contributed by atoms with Crippen molar-refractivity contribution in [1.82, 2.24) is 0 Å². The van der Waals surface area contributed by atoms with Crippen molar-refractivity contribution < 1.29 is 19.0 Å². The first-order valence-corrected chi connectivity index (χ1v) is 11.0. The lowest BCUT2D eigenvalue weighted by Crippen LogP contribution is -2.02. The minimum absolute atomic E-state index is 0.323. The number of ether oxygens (including phenoxy) is 1. The van der Waals surface area contributed by atoms with E-state index in [4.69, 9.17) is 9.84 Å². The van der Waals surface area contributed by atoms with Crippen LogP contribution in [-0.2, 0) is 0 Å². The number of carboxylic acids is 1. The van der Waals surface area contributed by atoms with Gasteiger partial charge in [0.2, 0.25) is 0 Å². The summed E-state index contributed by atoms with van der Waals surface area (Å²) in [6, 6.07) is 3.89. The average Bonchev–Trinajstić information content (AvgIpc) is 2.61. The van der Waals surface area contributed by atoms with Crippen LogP contribution in [0.4, 0.5) is 4.39 Å². The van der Waals surface area contributed by atoms with Gasteiger partial charge in [0, 0.05) is 11.4 Å². The maximum absolute atomic E-state index is 13.5. The summed E-state index contributed by atoms with van der Waals surface area (Å²) in [4.78, 5) is 10.7. The van der Waals surface area contributed by atoms with Crippen LogP contribution in [0.25, 0.3) is 0 Å². The summed E-state index contributed by atoms with van der Waals surface area (Å²) in [6.45, 7) is 0.542. The van der Waals surface area contributed by atoms with E-state index in [-0.39, 0.29) is 5.56 Å². The van der Waals surface area contributed by atoms with Gasteiger partial charge in [-0.3, -0.25) is 0 Å². The van der Waals surface area contributed by atoms with Crippen molar-refractivity contribution in [2.45, 2.75) is 77.0 Å². The van der Waals surface area contributed by atoms with E-state index in [1.54, 1.807) is 0 Å². The summed E-state index contributed by atoms with van der Waals surface area (Å²) >= 11 is 3.46. The summed E-state index contributed by atoms with van der Waals surface area (Å²) in [5.41, 5.74) is -0.323. The molecule has 0 heterocycles. The van der Waals surface area contributed by atoms with Gasteiger partial charge >= 0.3 is 5.97 Å². The van der Waals surface area contributed by atoms with E-state index in [1.807, 2.05) is 0 Å². The predicted octanol–water partition coefficient (Wildman–Crippen LogP) is 6.98. The van der Waals surface area contributed by atoms with Crippen LogP contribution in [0.2, 0.25) is 0 Å². The Balaban J connectivity index is 1.92. The molecule has 0 aliphatic heterocycles. The number of unbranched alkanes of at least 4 members (excludes halogenated alkanes) is 11. The Kier molecular flexibility index (Phi) is 13.2. The van der Waals surface area contributed by atoms with Crippen molar-refractivity contribution in [2.75, 3.05) is 11.9 Å². The molecule has 0 fully saturated rings. The molecule has 26 heavy (non-hydrogen) atoms. The van der Waals surface area contributed by atoms with Crippen molar-refractivity contribution in [3.05, 3.63) is 29.6 Å². The second-order valence-electron chi connectivity index (χ2n) is 6.73.